The van der Waals surface area contributed by atoms with E-state index >= 15 is 0 Å². The smallest absolute Gasteiger partial charge is 0.250 e. The van der Waals surface area contributed by atoms with Crippen LogP contribution in [0.2, 0.25) is 0 Å². The highest BCUT2D eigenvalue weighted by Gasteiger charge is 2.14. The van der Waals surface area contributed by atoms with Gasteiger partial charge < -0.3 is 25.3 Å². The Labute approximate surface area is 145 Å². The highest BCUT2D eigenvalue weighted by molar-refractivity contribution is 5.99. The molecule has 130 valence electrons. The Morgan fingerprint density at radius 1 is 1.16 bits per heavy atom. The molecule has 0 aromatic heterocycles. The summed E-state index contributed by atoms with van der Waals surface area (Å²) in [5.74, 6) is 0.999. The van der Waals surface area contributed by atoms with Crippen LogP contribution in [0.15, 0.2) is 36.4 Å². The second-order valence-corrected chi connectivity index (χ2v) is 5.03. The number of nitrogens with one attached hydrogen (secondary N) is 1. The molecule has 0 saturated heterocycles. The normalized spacial score (nSPS) is 9.80. The first-order chi connectivity index (χ1) is 12.1. The Morgan fingerprint density at radius 3 is 2.36 bits per heavy atom. The van der Waals surface area contributed by atoms with Crippen LogP contribution in [0.25, 0.3) is 0 Å². The lowest BCUT2D eigenvalue weighted by atomic mass is 10.1. The van der Waals surface area contributed by atoms with E-state index in [0.717, 1.165) is 0 Å². The average molecular weight is 341 g/mol. The molecule has 0 heterocycles. The second kappa shape index (κ2) is 8.45. The van der Waals surface area contributed by atoms with Crippen LogP contribution >= 0.6 is 0 Å². The molecule has 2 rings (SSSR count). The predicted molar refractivity (Wildman–Crippen MR) is 93.2 cm³/mol. The first-order valence-corrected chi connectivity index (χ1v) is 7.51. The molecule has 0 radical (unpaired) electrons. The van der Waals surface area contributed by atoms with E-state index in [1.807, 2.05) is 6.07 Å². The van der Waals surface area contributed by atoms with Gasteiger partial charge in [-0.3, -0.25) is 4.79 Å². The summed E-state index contributed by atoms with van der Waals surface area (Å²) in [6.07, 6.45) is 0. The minimum atomic E-state index is -0.573. The molecule has 0 saturated carbocycles. The predicted octanol–water partition coefficient (Wildman–Crippen LogP) is 2.17. The number of carbonyl (C=O) groups is 1. The molecule has 0 spiro atoms. The van der Waals surface area contributed by atoms with Crippen LogP contribution < -0.4 is 25.3 Å². The van der Waals surface area contributed by atoms with E-state index in [9.17, 15) is 4.79 Å². The maximum atomic E-state index is 11.6. The molecule has 0 atom stereocenters. The Morgan fingerprint density at radius 2 is 1.80 bits per heavy atom. The van der Waals surface area contributed by atoms with Crippen LogP contribution in [-0.2, 0) is 0 Å². The van der Waals surface area contributed by atoms with Gasteiger partial charge in [-0.25, -0.2) is 0 Å². The summed E-state index contributed by atoms with van der Waals surface area (Å²) in [7, 11) is 3.00. The van der Waals surface area contributed by atoms with E-state index < -0.39 is 5.91 Å². The maximum Gasteiger partial charge on any atom is 0.250 e. The summed E-state index contributed by atoms with van der Waals surface area (Å²) >= 11 is 0. The molecular weight excluding hydrogens is 322 g/mol. The number of nitrogens with two attached hydrogens (primary N) is 1. The van der Waals surface area contributed by atoms with E-state index in [1.54, 1.807) is 30.3 Å². The van der Waals surface area contributed by atoms with Gasteiger partial charge in [0.05, 0.1) is 37.1 Å². The van der Waals surface area contributed by atoms with Crippen molar-refractivity contribution < 1.29 is 19.0 Å². The summed E-state index contributed by atoms with van der Waals surface area (Å²) in [6, 6.07) is 12.0. The monoisotopic (exact) mass is 341 g/mol. The van der Waals surface area contributed by atoms with Crippen molar-refractivity contribution >= 4 is 11.6 Å². The van der Waals surface area contributed by atoms with Gasteiger partial charge in [-0.15, -0.1) is 0 Å². The van der Waals surface area contributed by atoms with Crippen molar-refractivity contribution in [3.63, 3.8) is 0 Å². The minimum absolute atomic E-state index is 0.302. The largest absolute Gasteiger partial charge is 0.493 e. The van der Waals surface area contributed by atoms with Gasteiger partial charge in [0.15, 0.2) is 11.5 Å². The first-order valence-electron chi connectivity index (χ1n) is 7.51. The fraction of sp³-hybridized carbons (Fsp3) is 0.222. The standard InChI is InChI=1S/C18H19N3O4/c1-23-16-9-14(18(20)22)15(10-17(16)24-2)21-7-8-25-13-5-3-12(11-19)4-6-13/h3-6,9-10,21H,7-8H2,1-2H3,(H2,20,22). The van der Waals surface area contributed by atoms with Crippen molar-refractivity contribution in [2.24, 2.45) is 5.73 Å². The first kappa shape index (κ1) is 17.9. The number of amides is 1. The number of benzene rings is 2. The summed E-state index contributed by atoms with van der Waals surface area (Å²) in [6.45, 7) is 0.800. The van der Waals surface area contributed by atoms with Crippen molar-refractivity contribution in [3.05, 3.63) is 47.5 Å². The second-order valence-electron chi connectivity index (χ2n) is 5.03. The van der Waals surface area contributed by atoms with Crippen molar-refractivity contribution in [2.75, 3.05) is 32.7 Å². The molecule has 0 fully saturated rings. The van der Waals surface area contributed by atoms with Gasteiger partial charge >= 0.3 is 0 Å². The number of hydrogen-bond donors (Lipinski definition) is 2. The number of primary amides is 1. The third-order valence-electron chi connectivity index (χ3n) is 3.46. The summed E-state index contributed by atoms with van der Waals surface area (Å²) in [5, 5.41) is 11.9. The van der Waals surface area contributed by atoms with Crippen LogP contribution in [0.1, 0.15) is 15.9 Å². The maximum absolute atomic E-state index is 11.6. The van der Waals surface area contributed by atoms with Gasteiger partial charge in [-0.1, -0.05) is 0 Å². The van der Waals surface area contributed by atoms with E-state index in [-0.39, 0.29) is 0 Å². The fourth-order valence-electron chi connectivity index (χ4n) is 2.21. The number of methoxy groups -OCH3 is 2. The highest BCUT2D eigenvalue weighted by Crippen LogP contribution is 2.33. The Hall–Kier alpha value is -3.40. The topological polar surface area (TPSA) is 107 Å². The summed E-state index contributed by atoms with van der Waals surface area (Å²) in [4.78, 5) is 11.6. The van der Waals surface area contributed by atoms with Crippen LogP contribution in [0, 0.1) is 11.3 Å². The Kier molecular flexibility index (Phi) is 6.07. The molecule has 0 unspecified atom stereocenters. The zero-order chi connectivity index (χ0) is 18.2. The van der Waals surface area contributed by atoms with Gasteiger partial charge in [0.2, 0.25) is 0 Å². The average Bonchev–Trinajstić information content (AvgIpc) is 2.64. The molecule has 2 aromatic carbocycles. The number of anilines is 1. The third kappa shape index (κ3) is 4.54. The number of ether oxygens (including phenoxy) is 3. The number of nitrogens with zero attached hydrogens (tertiary/aromatic N) is 1. The molecule has 2 aromatic rings. The molecule has 0 aliphatic heterocycles. The zero-order valence-electron chi connectivity index (χ0n) is 14.0. The van der Waals surface area contributed by atoms with Crippen molar-refractivity contribution in [3.8, 4) is 23.3 Å². The molecular formula is C18H19N3O4. The highest BCUT2D eigenvalue weighted by atomic mass is 16.5. The van der Waals surface area contributed by atoms with E-state index in [0.29, 0.717) is 47.2 Å². The molecule has 0 aliphatic carbocycles. The number of nitriles is 1. The fourth-order valence-corrected chi connectivity index (χ4v) is 2.21. The van der Waals surface area contributed by atoms with Crippen LogP contribution in [0.5, 0.6) is 17.2 Å². The quantitative estimate of drug-likeness (QED) is 0.713. The number of rotatable bonds is 8. The molecule has 3 N–H and O–H groups in total. The Balaban J connectivity index is 2.01. The van der Waals surface area contributed by atoms with Crippen LogP contribution in [0.4, 0.5) is 5.69 Å². The van der Waals surface area contributed by atoms with Crippen molar-refractivity contribution in [1.29, 1.82) is 5.26 Å². The van der Waals surface area contributed by atoms with Gasteiger partial charge in [0.25, 0.3) is 5.91 Å². The molecule has 0 aliphatic rings. The SMILES string of the molecule is COc1cc(NCCOc2ccc(C#N)cc2)c(C(N)=O)cc1OC. The molecule has 0 bridgehead atoms. The van der Waals surface area contributed by atoms with Crippen molar-refractivity contribution in [1.82, 2.24) is 0 Å². The molecule has 7 heteroatoms. The van der Waals surface area contributed by atoms with Gasteiger partial charge in [-0.2, -0.15) is 5.26 Å². The molecule has 25 heavy (non-hydrogen) atoms. The minimum Gasteiger partial charge on any atom is -0.493 e. The van der Waals surface area contributed by atoms with Gasteiger partial charge in [0.1, 0.15) is 12.4 Å². The number of hydrogen-bond acceptors (Lipinski definition) is 6. The van der Waals surface area contributed by atoms with E-state index in [1.165, 1.54) is 20.3 Å². The Bertz CT molecular complexity index is 782. The van der Waals surface area contributed by atoms with E-state index in [2.05, 4.69) is 5.32 Å². The summed E-state index contributed by atoms with van der Waals surface area (Å²) < 4.78 is 16.0. The van der Waals surface area contributed by atoms with Gasteiger partial charge in [0, 0.05) is 12.6 Å². The van der Waals surface area contributed by atoms with Gasteiger partial charge in [-0.05, 0) is 30.3 Å². The lowest BCUT2D eigenvalue weighted by Gasteiger charge is -2.15. The number of carbonyl (C=O) groups excluding carboxylic acids is 1. The zero-order valence-corrected chi connectivity index (χ0v) is 14.0. The van der Waals surface area contributed by atoms with Crippen LogP contribution in [0.3, 0.4) is 0 Å². The lowest BCUT2D eigenvalue weighted by molar-refractivity contribution is 0.100. The molecule has 7 nitrogen and oxygen atoms in total. The van der Waals surface area contributed by atoms with Crippen molar-refractivity contribution in [2.45, 2.75) is 0 Å². The lowest BCUT2D eigenvalue weighted by Crippen LogP contribution is -2.17. The van der Waals surface area contributed by atoms with Crippen LogP contribution in [-0.4, -0.2) is 33.3 Å². The third-order valence-corrected chi connectivity index (χ3v) is 3.46. The van der Waals surface area contributed by atoms with E-state index in [4.69, 9.17) is 25.2 Å². The molecule has 1 amide bonds. The summed E-state index contributed by atoms with van der Waals surface area (Å²) in [5.41, 5.74) is 6.83.